The lowest BCUT2D eigenvalue weighted by Gasteiger charge is -2.11. The summed E-state index contributed by atoms with van der Waals surface area (Å²) < 4.78 is 26.1. The average molecular weight is 306 g/mol. The first kappa shape index (κ1) is 16.3. The molecule has 0 saturated carbocycles. The van der Waals surface area contributed by atoms with Crippen molar-refractivity contribution in [2.24, 2.45) is 0 Å². The van der Waals surface area contributed by atoms with Gasteiger partial charge >= 0.3 is 0 Å². The van der Waals surface area contributed by atoms with Crippen LogP contribution in [0.3, 0.4) is 0 Å². The Balaban J connectivity index is 2.94. The minimum absolute atomic E-state index is 0.129. The number of nitrogen functional groups attached to an aromatic ring is 1. The fourth-order valence-electron chi connectivity index (χ4n) is 1.32. The molecule has 0 amide bonds. The molecule has 0 aliphatic carbocycles. The first-order valence-electron chi connectivity index (χ1n) is 5.71. The smallest absolute Gasteiger partial charge is 0.240 e. The highest BCUT2D eigenvalue weighted by molar-refractivity contribution is 7.99. The number of aliphatic hydroxyl groups excluding tert-OH is 2. The summed E-state index contributed by atoms with van der Waals surface area (Å²) in [6.07, 6.45) is -0.863. The van der Waals surface area contributed by atoms with Crippen molar-refractivity contribution in [1.82, 2.24) is 4.72 Å². The fraction of sp³-hybridized carbons (Fsp3) is 0.455. The zero-order chi connectivity index (χ0) is 14.5. The second-order valence-corrected chi connectivity index (χ2v) is 6.68. The third-order valence-corrected chi connectivity index (χ3v) is 5.03. The Morgan fingerprint density at radius 3 is 2.74 bits per heavy atom. The number of rotatable bonds is 7. The van der Waals surface area contributed by atoms with Gasteiger partial charge in [-0.15, -0.1) is 11.8 Å². The molecule has 0 aliphatic rings. The lowest BCUT2D eigenvalue weighted by Crippen LogP contribution is -2.23. The lowest BCUT2D eigenvalue weighted by atomic mass is 10.3. The van der Waals surface area contributed by atoms with Crippen molar-refractivity contribution in [2.75, 3.05) is 24.6 Å². The molecule has 0 aromatic heterocycles. The molecule has 0 heterocycles. The molecule has 1 atom stereocenters. The summed E-state index contributed by atoms with van der Waals surface area (Å²) in [7, 11) is -3.52. The summed E-state index contributed by atoms with van der Waals surface area (Å²) >= 11 is 1.20. The van der Waals surface area contributed by atoms with Gasteiger partial charge in [0.1, 0.15) is 0 Å². The fourth-order valence-corrected chi connectivity index (χ4v) is 3.38. The van der Waals surface area contributed by atoms with Crippen LogP contribution in [0.1, 0.15) is 6.92 Å². The van der Waals surface area contributed by atoms with Crippen molar-refractivity contribution < 1.29 is 18.6 Å². The van der Waals surface area contributed by atoms with Crippen molar-refractivity contribution in [3.05, 3.63) is 18.2 Å². The van der Waals surface area contributed by atoms with Crippen LogP contribution in [0.4, 0.5) is 5.69 Å². The summed E-state index contributed by atoms with van der Waals surface area (Å²) in [6.45, 7) is 1.66. The molecule has 8 heteroatoms. The van der Waals surface area contributed by atoms with Gasteiger partial charge in [-0.3, -0.25) is 0 Å². The highest BCUT2D eigenvalue weighted by atomic mass is 32.2. The van der Waals surface area contributed by atoms with Crippen molar-refractivity contribution in [3.63, 3.8) is 0 Å². The zero-order valence-corrected chi connectivity index (χ0v) is 12.2. The maximum absolute atomic E-state index is 11.8. The van der Waals surface area contributed by atoms with Crippen LogP contribution in [0.25, 0.3) is 0 Å². The molecule has 1 rings (SSSR count). The number of hydrogen-bond acceptors (Lipinski definition) is 6. The molecular formula is C11H18N2O4S2. The SMILES string of the molecule is CCNS(=O)(=O)c1ccc(N)c(SCC(O)CO)c1. The Morgan fingerprint density at radius 1 is 1.47 bits per heavy atom. The molecule has 0 bridgehead atoms. The first-order valence-corrected chi connectivity index (χ1v) is 8.18. The predicted octanol–water partition coefficient (Wildman–Crippen LogP) is 0.0123. The van der Waals surface area contributed by atoms with Crippen molar-refractivity contribution in [1.29, 1.82) is 0 Å². The van der Waals surface area contributed by atoms with E-state index in [1.807, 2.05) is 0 Å². The van der Waals surface area contributed by atoms with Crippen LogP contribution in [0.5, 0.6) is 0 Å². The van der Waals surface area contributed by atoms with Gasteiger partial charge in [0.2, 0.25) is 10.0 Å². The Hall–Kier alpha value is -0.800. The molecule has 1 aromatic rings. The highest BCUT2D eigenvalue weighted by Crippen LogP contribution is 2.28. The number of thioether (sulfide) groups is 1. The van der Waals surface area contributed by atoms with Crippen LogP contribution in [0.2, 0.25) is 0 Å². The van der Waals surface area contributed by atoms with Crippen LogP contribution in [0, 0.1) is 0 Å². The average Bonchev–Trinajstić information content (AvgIpc) is 2.37. The minimum atomic E-state index is -3.52. The summed E-state index contributed by atoms with van der Waals surface area (Å²) in [5.74, 6) is 0.241. The number of sulfonamides is 1. The van der Waals surface area contributed by atoms with E-state index in [4.69, 9.17) is 10.8 Å². The van der Waals surface area contributed by atoms with Gasteiger partial charge in [0, 0.05) is 22.9 Å². The molecule has 1 aromatic carbocycles. The van der Waals surface area contributed by atoms with E-state index >= 15 is 0 Å². The van der Waals surface area contributed by atoms with Gasteiger partial charge in [0.05, 0.1) is 17.6 Å². The zero-order valence-electron chi connectivity index (χ0n) is 10.5. The normalized spacial score (nSPS) is 13.4. The van der Waals surface area contributed by atoms with Crippen molar-refractivity contribution in [3.8, 4) is 0 Å². The molecule has 5 N–H and O–H groups in total. The van der Waals surface area contributed by atoms with Gasteiger partial charge in [-0.05, 0) is 18.2 Å². The Morgan fingerprint density at radius 2 is 2.16 bits per heavy atom. The third kappa shape index (κ3) is 4.66. The summed E-state index contributed by atoms with van der Waals surface area (Å²) in [5, 5.41) is 18.0. The van der Waals surface area contributed by atoms with E-state index in [1.54, 1.807) is 6.92 Å². The summed E-state index contributed by atoms with van der Waals surface area (Å²) in [5.41, 5.74) is 6.19. The molecule has 0 fully saturated rings. The Labute approximate surface area is 117 Å². The van der Waals surface area contributed by atoms with E-state index in [-0.39, 0.29) is 17.3 Å². The molecule has 108 valence electrons. The number of benzene rings is 1. The maximum Gasteiger partial charge on any atom is 0.240 e. The molecule has 19 heavy (non-hydrogen) atoms. The standard InChI is InChI=1S/C11H18N2O4S2/c1-2-13-19(16,17)9-3-4-10(12)11(5-9)18-7-8(15)6-14/h3-5,8,13-15H,2,6-7,12H2,1H3. The van der Waals surface area contributed by atoms with Crippen LogP contribution in [-0.2, 0) is 10.0 Å². The topological polar surface area (TPSA) is 113 Å². The van der Waals surface area contributed by atoms with E-state index in [0.29, 0.717) is 17.1 Å². The van der Waals surface area contributed by atoms with Crippen LogP contribution in [-0.4, -0.2) is 43.6 Å². The molecule has 0 radical (unpaired) electrons. The molecule has 0 saturated heterocycles. The largest absolute Gasteiger partial charge is 0.398 e. The summed E-state index contributed by atoms with van der Waals surface area (Å²) in [6, 6.07) is 4.40. The number of aliphatic hydroxyl groups is 2. The summed E-state index contributed by atoms with van der Waals surface area (Å²) in [4.78, 5) is 0.691. The van der Waals surface area contributed by atoms with Crippen LogP contribution >= 0.6 is 11.8 Å². The maximum atomic E-state index is 11.8. The molecule has 0 aliphatic heterocycles. The van der Waals surface area contributed by atoms with Crippen LogP contribution in [0.15, 0.2) is 28.0 Å². The van der Waals surface area contributed by atoms with Gasteiger partial charge < -0.3 is 15.9 Å². The van der Waals surface area contributed by atoms with Crippen LogP contribution < -0.4 is 10.5 Å². The third-order valence-electron chi connectivity index (χ3n) is 2.27. The Bertz CT molecular complexity index is 519. The molecular weight excluding hydrogens is 288 g/mol. The lowest BCUT2D eigenvalue weighted by molar-refractivity contribution is 0.113. The van der Waals surface area contributed by atoms with Gasteiger partial charge in [0.25, 0.3) is 0 Å². The van der Waals surface area contributed by atoms with Crippen molar-refractivity contribution >= 4 is 27.5 Å². The number of hydrogen-bond donors (Lipinski definition) is 4. The first-order chi connectivity index (χ1) is 8.90. The second kappa shape index (κ2) is 7.11. The molecule has 0 spiro atoms. The molecule has 1 unspecified atom stereocenters. The van der Waals surface area contributed by atoms with E-state index in [9.17, 15) is 13.5 Å². The number of nitrogens with two attached hydrogens (primary N) is 1. The van der Waals surface area contributed by atoms with Gasteiger partial charge in [-0.25, -0.2) is 13.1 Å². The second-order valence-electron chi connectivity index (χ2n) is 3.85. The van der Waals surface area contributed by atoms with Gasteiger partial charge in [-0.2, -0.15) is 0 Å². The van der Waals surface area contributed by atoms with E-state index < -0.39 is 16.1 Å². The number of nitrogens with one attached hydrogen (secondary N) is 1. The van der Waals surface area contributed by atoms with Gasteiger partial charge in [-0.1, -0.05) is 6.92 Å². The Kier molecular flexibility index (Phi) is 6.08. The monoisotopic (exact) mass is 306 g/mol. The van der Waals surface area contributed by atoms with E-state index in [0.717, 1.165) is 0 Å². The van der Waals surface area contributed by atoms with E-state index in [1.165, 1.54) is 30.0 Å². The van der Waals surface area contributed by atoms with E-state index in [2.05, 4.69) is 4.72 Å². The minimum Gasteiger partial charge on any atom is -0.398 e. The number of anilines is 1. The van der Waals surface area contributed by atoms with Crippen molar-refractivity contribution in [2.45, 2.75) is 22.8 Å². The quantitative estimate of drug-likeness (QED) is 0.417. The van der Waals surface area contributed by atoms with Gasteiger partial charge in [0.15, 0.2) is 0 Å². The predicted molar refractivity (Wildman–Crippen MR) is 75.5 cm³/mol. The molecule has 6 nitrogen and oxygen atoms in total. The highest BCUT2D eigenvalue weighted by Gasteiger charge is 2.15.